The molecule has 1 amide bonds. The first kappa shape index (κ1) is 18.5. The highest BCUT2D eigenvalue weighted by Gasteiger charge is 2.30. The van der Waals surface area contributed by atoms with Crippen LogP contribution in [0.25, 0.3) is 10.9 Å². The average molecular weight is 398 g/mol. The van der Waals surface area contributed by atoms with Crippen LogP contribution in [-0.2, 0) is 29.0 Å². The zero-order valence-corrected chi connectivity index (χ0v) is 16.7. The molecule has 2 aromatic heterocycles. The van der Waals surface area contributed by atoms with Crippen molar-refractivity contribution < 1.29 is 14.4 Å². The number of nitrogens with one attached hydrogen (secondary N) is 1. The molecule has 4 rings (SSSR count). The minimum atomic E-state index is -0.360. The number of benzene rings is 1. The number of amides is 1. The van der Waals surface area contributed by atoms with Crippen LogP contribution in [0.3, 0.4) is 0 Å². The number of carbonyl (C=O) groups is 1. The number of hydrogen-bond acceptors (Lipinski definition) is 6. The maximum Gasteiger partial charge on any atom is 0.407 e. The highest BCUT2D eigenvalue weighted by Crippen LogP contribution is 2.34. The van der Waals surface area contributed by atoms with E-state index in [0.29, 0.717) is 13.2 Å². The van der Waals surface area contributed by atoms with Gasteiger partial charge in [0.15, 0.2) is 0 Å². The number of alkyl carbamates (subject to hydrolysis) is 1. The summed E-state index contributed by atoms with van der Waals surface area (Å²) >= 11 is 1.46. The summed E-state index contributed by atoms with van der Waals surface area (Å²) in [6, 6.07) is 8.36. The van der Waals surface area contributed by atoms with Gasteiger partial charge in [-0.1, -0.05) is 11.2 Å². The van der Waals surface area contributed by atoms with Crippen molar-refractivity contribution in [1.29, 1.82) is 0 Å². The Morgan fingerprint density at radius 1 is 1.43 bits per heavy atom. The lowest BCUT2D eigenvalue weighted by molar-refractivity contribution is 0.148. The predicted octanol–water partition coefficient (Wildman–Crippen LogP) is 3.34. The zero-order chi connectivity index (χ0) is 19.5. The van der Waals surface area contributed by atoms with E-state index in [9.17, 15) is 4.79 Å². The van der Waals surface area contributed by atoms with E-state index >= 15 is 0 Å². The standard InChI is InChI=1S/C20H22N4O3S/c1-3-27-20(25)22-15-9-17-16-8-13(11-21-26-2)4-5-18(16)24(19(17)10-15)12-14-6-7-28-23-14/h4-8,11,15H,3,9-10,12H2,1-2H3,(H,22,25)/t15-/m0/s1. The Bertz CT molecular complexity index is 1010. The summed E-state index contributed by atoms with van der Waals surface area (Å²) in [5.74, 6) is 0. The smallest absolute Gasteiger partial charge is 0.407 e. The van der Waals surface area contributed by atoms with Gasteiger partial charge in [-0.15, -0.1) is 0 Å². The molecule has 8 heteroatoms. The molecule has 0 radical (unpaired) electrons. The summed E-state index contributed by atoms with van der Waals surface area (Å²) in [5, 5.41) is 10.0. The van der Waals surface area contributed by atoms with E-state index in [1.807, 2.05) is 17.5 Å². The first-order chi connectivity index (χ1) is 13.7. The first-order valence-electron chi connectivity index (χ1n) is 9.22. The van der Waals surface area contributed by atoms with Crippen LogP contribution in [0, 0.1) is 0 Å². The van der Waals surface area contributed by atoms with Crippen molar-refractivity contribution in [2.24, 2.45) is 5.16 Å². The SMILES string of the molecule is CCOC(=O)N[C@H]1Cc2c(n(Cc3ccsn3)c3ccc(C=NOC)cc23)C1. The number of nitrogens with zero attached hydrogens (tertiary/aromatic N) is 3. The summed E-state index contributed by atoms with van der Waals surface area (Å²) in [6.07, 6.45) is 2.89. The maximum absolute atomic E-state index is 11.9. The highest BCUT2D eigenvalue weighted by atomic mass is 32.1. The Labute approximate surface area is 167 Å². The molecule has 7 nitrogen and oxygen atoms in total. The zero-order valence-electron chi connectivity index (χ0n) is 15.8. The molecule has 0 aliphatic heterocycles. The third-order valence-corrected chi connectivity index (χ3v) is 5.51. The van der Waals surface area contributed by atoms with Gasteiger partial charge >= 0.3 is 6.09 Å². The van der Waals surface area contributed by atoms with Crippen molar-refractivity contribution in [3.63, 3.8) is 0 Å². The van der Waals surface area contributed by atoms with Crippen molar-refractivity contribution in [1.82, 2.24) is 14.3 Å². The highest BCUT2D eigenvalue weighted by molar-refractivity contribution is 7.03. The molecule has 1 N–H and O–H groups in total. The molecule has 1 aliphatic carbocycles. The van der Waals surface area contributed by atoms with Crippen molar-refractivity contribution in [3.8, 4) is 0 Å². The van der Waals surface area contributed by atoms with E-state index in [-0.39, 0.29) is 12.1 Å². The molecule has 1 aromatic carbocycles. The first-order valence-corrected chi connectivity index (χ1v) is 10.1. The van der Waals surface area contributed by atoms with Crippen molar-refractivity contribution in [2.45, 2.75) is 32.4 Å². The second kappa shape index (κ2) is 8.02. The fraction of sp³-hybridized carbons (Fsp3) is 0.350. The fourth-order valence-electron chi connectivity index (χ4n) is 3.80. The molecule has 0 spiro atoms. The van der Waals surface area contributed by atoms with E-state index in [1.165, 1.54) is 40.8 Å². The predicted molar refractivity (Wildman–Crippen MR) is 109 cm³/mol. The Hall–Kier alpha value is -2.87. The van der Waals surface area contributed by atoms with Gasteiger partial charge < -0.3 is 19.5 Å². The van der Waals surface area contributed by atoms with Gasteiger partial charge in [0.05, 0.1) is 25.1 Å². The van der Waals surface area contributed by atoms with Crippen LogP contribution in [0.2, 0.25) is 0 Å². The van der Waals surface area contributed by atoms with Gasteiger partial charge in [0.2, 0.25) is 0 Å². The van der Waals surface area contributed by atoms with Gasteiger partial charge in [0, 0.05) is 34.4 Å². The second-order valence-corrected chi connectivity index (χ2v) is 7.33. The molecule has 0 unspecified atom stereocenters. The van der Waals surface area contributed by atoms with Gasteiger partial charge in [0.25, 0.3) is 0 Å². The van der Waals surface area contributed by atoms with E-state index in [1.54, 1.807) is 13.1 Å². The lowest BCUT2D eigenvalue weighted by Crippen LogP contribution is -2.36. The van der Waals surface area contributed by atoms with Gasteiger partial charge in [-0.25, -0.2) is 4.79 Å². The van der Waals surface area contributed by atoms with Crippen LogP contribution >= 0.6 is 11.5 Å². The number of aromatic nitrogens is 2. The lowest BCUT2D eigenvalue weighted by atomic mass is 10.1. The minimum absolute atomic E-state index is 0.0337. The van der Waals surface area contributed by atoms with E-state index in [0.717, 1.165) is 24.1 Å². The molecule has 3 aromatic rings. The molecule has 0 fully saturated rings. The van der Waals surface area contributed by atoms with Gasteiger partial charge in [0.1, 0.15) is 7.11 Å². The maximum atomic E-state index is 11.9. The van der Waals surface area contributed by atoms with E-state index < -0.39 is 0 Å². The number of rotatable bonds is 6. The van der Waals surface area contributed by atoms with Crippen LogP contribution in [-0.4, -0.2) is 41.0 Å². The van der Waals surface area contributed by atoms with Gasteiger partial charge in [-0.05, 0) is 54.2 Å². The quantitative estimate of drug-likeness (QED) is 0.510. The van der Waals surface area contributed by atoms with Gasteiger partial charge in [-0.3, -0.25) is 0 Å². The molecule has 2 heterocycles. The summed E-state index contributed by atoms with van der Waals surface area (Å²) in [6.45, 7) is 2.89. The van der Waals surface area contributed by atoms with Crippen molar-refractivity contribution in [3.05, 3.63) is 52.2 Å². The average Bonchev–Trinajstić information content (AvgIpc) is 3.39. The summed E-state index contributed by atoms with van der Waals surface area (Å²) in [7, 11) is 1.53. The van der Waals surface area contributed by atoms with Gasteiger partial charge in [-0.2, -0.15) is 4.37 Å². The van der Waals surface area contributed by atoms with Crippen LogP contribution in [0.5, 0.6) is 0 Å². The summed E-state index contributed by atoms with van der Waals surface area (Å²) in [5.41, 5.74) is 5.69. The van der Waals surface area contributed by atoms with E-state index in [2.05, 4.69) is 31.5 Å². The van der Waals surface area contributed by atoms with Crippen molar-refractivity contribution >= 4 is 34.7 Å². The number of ether oxygens (including phenoxy) is 1. The Kier molecular flexibility index (Phi) is 5.29. The van der Waals surface area contributed by atoms with Crippen LogP contribution in [0.15, 0.2) is 34.8 Å². The van der Waals surface area contributed by atoms with Crippen molar-refractivity contribution in [2.75, 3.05) is 13.7 Å². The second-order valence-electron chi connectivity index (χ2n) is 6.67. The third-order valence-electron chi connectivity index (χ3n) is 4.92. The Balaban J connectivity index is 1.71. The normalized spacial score (nSPS) is 15.9. The number of fused-ring (bicyclic) bond motifs is 3. The molecule has 1 aliphatic rings. The molecule has 0 saturated heterocycles. The largest absolute Gasteiger partial charge is 0.450 e. The number of oxime groups is 1. The number of carbonyl (C=O) groups excluding carboxylic acids is 1. The Morgan fingerprint density at radius 2 is 2.32 bits per heavy atom. The lowest BCUT2D eigenvalue weighted by Gasteiger charge is -2.14. The fourth-order valence-corrected chi connectivity index (χ4v) is 4.34. The van der Waals surface area contributed by atoms with Crippen LogP contribution in [0.4, 0.5) is 4.79 Å². The molecular formula is C20H22N4O3S. The molecule has 146 valence electrons. The summed E-state index contributed by atoms with van der Waals surface area (Å²) < 4.78 is 11.8. The molecule has 0 saturated carbocycles. The molecule has 0 bridgehead atoms. The molecular weight excluding hydrogens is 376 g/mol. The third kappa shape index (κ3) is 3.60. The summed E-state index contributed by atoms with van der Waals surface area (Å²) in [4.78, 5) is 16.7. The van der Waals surface area contributed by atoms with Crippen LogP contribution in [0.1, 0.15) is 29.4 Å². The number of hydrogen-bond donors (Lipinski definition) is 1. The van der Waals surface area contributed by atoms with E-state index in [4.69, 9.17) is 9.57 Å². The van der Waals surface area contributed by atoms with Crippen LogP contribution < -0.4 is 5.32 Å². The Morgan fingerprint density at radius 3 is 3.07 bits per heavy atom. The topological polar surface area (TPSA) is 77.7 Å². The minimum Gasteiger partial charge on any atom is -0.450 e. The monoisotopic (exact) mass is 398 g/mol. The molecule has 1 atom stereocenters. The molecule has 28 heavy (non-hydrogen) atoms.